The van der Waals surface area contributed by atoms with E-state index in [1.165, 1.54) is 29.5 Å². The van der Waals surface area contributed by atoms with Crippen molar-refractivity contribution in [1.82, 2.24) is 10.3 Å². The number of anilines is 1. The van der Waals surface area contributed by atoms with Crippen LogP contribution in [0, 0.1) is 5.82 Å². The molecule has 0 radical (unpaired) electrons. The third-order valence-electron chi connectivity index (χ3n) is 3.75. The van der Waals surface area contributed by atoms with Crippen LogP contribution >= 0.6 is 11.3 Å². The Kier molecular flexibility index (Phi) is 4.75. The fourth-order valence-electron chi connectivity index (χ4n) is 2.43. The van der Waals surface area contributed by atoms with E-state index in [1.54, 1.807) is 6.07 Å². The molecule has 0 aliphatic heterocycles. The zero-order valence-electron chi connectivity index (χ0n) is 12.8. The lowest BCUT2D eigenvalue weighted by Crippen LogP contribution is -2.35. The second kappa shape index (κ2) is 6.96. The number of hydrogen-bond donors (Lipinski definition) is 3. The monoisotopic (exact) mass is 348 g/mol. The van der Waals surface area contributed by atoms with E-state index in [2.05, 4.69) is 15.6 Å². The maximum Gasteiger partial charge on any atom is 0.312 e. The number of amides is 3. The number of urea groups is 1. The standard InChI is InChI=1S/C16H17FN4O2S/c17-11-4-2-1-3-10(11)12(19-15(18)23)7-14(22)21-16-20-13(8-24-16)9-5-6-9/h1-4,8-9,12H,5-7H2,(H3,18,19,23)(H,20,21,22)/t12-/m1/s1. The Hall–Kier alpha value is -2.48. The van der Waals surface area contributed by atoms with Gasteiger partial charge in [0.1, 0.15) is 5.82 Å². The van der Waals surface area contributed by atoms with Crippen molar-refractivity contribution in [3.8, 4) is 0 Å². The van der Waals surface area contributed by atoms with Crippen molar-refractivity contribution in [3.05, 3.63) is 46.7 Å². The van der Waals surface area contributed by atoms with Crippen LogP contribution in [-0.4, -0.2) is 16.9 Å². The van der Waals surface area contributed by atoms with Gasteiger partial charge in [0, 0.05) is 16.9 Å². The molecule has 1 fully saturated rings. The quantitative estimate of drug-likeness (QED) is 0.749. The van der Waals surface area contributed by atoms with Gasteiger partial charge in [0.05, 0.1) is 18.2 Å². The van der Waals surface area contributed by atoms with E-state index in [1.807, 2.05) is 5.38 Å². The van der Waals surface area contributed by atoms with Gasteiger partial charge < -0.3 is 16.4 Å². The Bertz CT molecular complexity index is 760. The molecule has 1 aromatic heterocycles. The minimum absolute atomic E-state index is 0.137. The van der Waals surface area contributed by atoms with Crippen molar-refractivity contribution < 1.29 is 14.0 Å². The minimum Gasteiger partial charge on any atom is -0.352 e. The first-order chi connectivity index (χ1) is 11.5. The lowest BCUT2D eigenvalue weighted by molar-refractivity contribution is -0.116. The van der Waals surface area contributed by atoms with Gasteiger partial charge in [-0.3, -0.25) is 4.79 Å². The average molecular weight is 348 g/mol. The predicted molar refractivity (Wildman–Crippen MR) is 89.2 cm³/mol. The molecular weight excluding hydrogens is 331 g/mol. The third-order valence-corrected chi connectivity index (χ3v) is 4.53. The van der Waals surface area contributed by atoms with Crippen LogP contribution in [-0.2, 0) is 4.79 Å². The van der Waals surface area contributed by atoms with Gasteiger partial charge in [0.2, 0.25) is 5.91 Å². The van der Waals surface area contributed by atoms with E-state index in [9.17, 15) is 14.0 Å². The summed E-state index contributed by atoms with van der Waals surface area (Å²) in [4.78, 5) is 27.8. The Morgan fingerprint density at radius 1 is 1.38 bits per heavy atom. The zero-order valence-corrected chi connectivity index (χ0v) is 13.6. The molecule has 1 saturated carbocycles. The van der Waals surface area contributed by atoms with E-state index in [0.29, 0.717) is 11.0 Å². The topological polar surface area (TPSA) is 97.1 Å². The first-order valence-corrected chi connectivity index (χ1v) is 8.46. The molecule has 1 aliphatic rings. The Labute approximate surface area is 142 Å². The van der Waals surface area contributed by atoms with Crippen LogP contribution in [0.15, 0.2) is 29.6 Å². The van der Waals surface area contributed by atoms with Crippen LogP contribution in [0.25, 0.3) is 0 Å². The molecule has 2 aromatic rings. The number of halogens is 1. The Balaban J connectivity index is 1.68. The minimum atomic E-state index is -0.841. The molecule has 1 heterocycles. The summed E-state index contributed by atoms with van der Waals surface area (Å²) in [6.45, 7) is 0. The van der Waals surface area contributed by atoms with Crippen LogP contribution < -0.4 is 16.4 Å². The maximum absolute atomic E-state index is 13.9. The van der Waals surface area contributed by atoms with Crippen molar-refractivity contribution in [2.75, 3.05) is 5.32 Å². The molecule has 6 nitrogen and oxygen atoms in total. The molecule has 0 saturated heterocycles. The summed E-state index contributed by atoms with van der Waals surface area (Å²) in [7, 11) is 0. The highest BCUT2D eigenvalue weighted by atomic mass is 32.1. The molecule has 3 amide bonds. The van der Waals surface area contributed by atoms with Gasteiger partial charge in [-0.1, -0.05) is 18.2 Å². The van der Waals surface area contributed by atoms with Crippen LogP contribution in [0.5, 0.6) is 0 Å². The van der Waals surface area contributed by atoms with Crippen molar-refractivity contribution in [1.29, 1.82) is 0 Å². The van der Waals surface area contributed by atoms with E-state index >= 15 is 0 Å². The molecule has 0 unspecified atom stereocenters. The second-order valence-corrected chi connectivity index (χ2v) is 6.54. The summed E-state index contributed by atoms with van der Waals surface area (Å²) < 4.78 is 13.9. The van der Waals surface area contributed by atoms with Gasteiger partial charge in [-0.05, 0) is 18.9 Å². The van der Waals surface area contributed by atoms with Crippen LogP contribution in [0.1, 0.15) is 42.5 Å². The molecule has 126 valence electrons. The highest BCUT2D eigenvalue weighted by Gasteiger charge is 2.26. The van der Waals surface area contributed by atoms with Gasteiger partial charge >= 0.3 is 6.03 Å². The first-order valence-electron chi connectivity index (χ1n) is 7.58. The summed E-state index contributed by atoms with van der Waals surface area (Å²) >= 11 is 1.36. The smallest absolute Gasteiger partial charge is 0.312 e. The van der Waals surface area contributed by atoms with Crippen LogP contribution in [0.4, 0.5) is 14.3 Å². The van der Waals surface area contributed by atoms with Crippen molar-refractivity contribution in [2.24, 2.45) is 5.73 Å². The van der Waals surface area contributed by atoms with Gasteiger partial charge in [-0.25, -0.2) is 14.2 Å². The molecule has 1 atom stereocenters. The maximum atomic E-state index is 13.9. The highest BCUT2D eigenvalue weighted by molar-refractivity contribution is 7.13. The number of benzene rings is 1. The van der Waals surface area contributed by atoms with Crippen molar-refractivity contribution in [3.63, 3.8) is 0 Å². The Morgan fingerprint density at radius 3 is 2.79 bits per heavy atom. The molecule has 0 spiro atoms. The van der Waals surface area contributed by atoms with Gasteiger partial charge in [0.25, 0.3) is 0 Å². The summed E-state index contributed by atoms with van der Waals surface area (Å²) in [5.74, 6) is -0.363. The number of carbonyl (C=O) groups excluding carboxylic acids is 2. The largest absolute Gasteiger partial charge is 0.352 e. The number of primary amides is 1. The number of rotatable bonds is 6. The average Bonchev–Trinajstić information content (AvgIpc) is 3.27. The Morgan fingerprint density at radius 2 is 2.12 bits per heavy atom. The van der Waals surface area contributed by atoms with Gasteiger partial charge in [-0.2, -0.15) is 0 Å². The van der Waals surface area contributed by atoms with E-state index < -0.39 is 17.9 Å². The molecular formula is C16H17FN4O2S. The van der Waals surface area contributed by atoms with Crippen molar-refractivity contribution >= 4 is 28.4 Å². The number of nitrogens with one attached hydrogen (secondary N) is 2. The van der Waals surface area contributed by atoms with E-state index in [-0.39, 0.29) is 17.9 Å². The summed E-state index contributed by atoms with van der Waals surface area (Å²) in [5, 5.41) is 7.54. The lowest BCUT2D eigenvalue weighted by atomic mass is 10.0. The summed E-state index contributed by atoms with van der Waals surface area (Å²) in [5.41, 5.74) is 6.35. The molecule has 1 aliphatic carbocycles. The number of aromatic nitrogens is 1. The highest BCUT2D eigenvalue weighted by Crippen LogP contribution is 2.40. The van der Waals surface area contributed by atoms with Crippen LogP contribution in [0.3, 0.4) is 0 Å². The van der Waals surface area contributed by atoms with Gasteiger partial charge in [-0.15, -0.1) is 11.3 Å². The summed E-state index contributed by atoms with van der Waals surface area (Å²) in [6, 6.07) is 4.29. The normalized spacial score (nSPS) is 14.9. The molecule has 3 rings (SSSR count). The number of nitrogens with two attached hydrogens (primary N) is 1. The molecule has 24 heavy (non-hydrogen) atoms. The second-order valence-electron chi connectivity index (χ2n) is 5.69. The molecule has 8 heteroatoms. The van der Waals surface area contributed by atoms with Crippen molar-refractivity contribution in [2.45, 2.75) is 31.2 Å². The van der Waals surface area contributed by atoms with E-state index in [4.69, 9.17) is 5.73 Å². The van der Waals surface area contributed by atoms with Gasteiger partial charge in [0.15, 0.2) is 5.13 Å². The number of carbonyl (C=O) groups is 2. The third kappa shape index (κ3) is 4.08. The number of nitrogens with zero attached hydrogens (tertiary/aromatic N) is 1. The first kappa shape index (κ1) is 16.4. The molecule has 0 bridgehead atoms. The predicted octanol–water partition coefficient (Wildman–Crippen LogP) is 2.90. The summed E-state index contributed by atoms with van der Waals surface area (Å²) in [6.07, 6.45) is 2.13. The SMILES string of the molecule is NC(=O)N[C@H](CC(=O)Nc1nc(C2CC2)cs1)c1ccccc1F. The lowest BCUT2D eigenvalue weighted by Gasteiger charge is -2.18. The number of thiazole rings is 1. The van der Waals surface area contributed by atoms with E-state index in [0.717, 1.165) is 18.5 Å². The van der Waals surface area contributed by atoms with Crippen LogP contribution in [0.2, 0.25) is 0 Å². The number of hydrogen-bond acceptors (Lipinski definition) is 4. The fraction of sp³-hybridized carbons (Fsp3) is 0.312. The molecule has 4 N–H and O–H groups in total. The fourth-order valence-corrected chi connectivity index (χ4v) is 3.24. The molecule has 1 aromatic carbocycles. The zero-order chi connectivity index (χ0) is 17.1.